The van der Waals surface area contributed by atoms with Gasteiger partial charge in [0.05, 0.1) is 18.0 Å². The molecule has 2 heterocycles. The third-order valence-corrected chi connectivity index (χ3v) is 7.74. The first-order valence-electron chi connectivity index (χ1n) is 10.8. The Morgan fingerprint density at radius 2 is 1.81 bits per heavy atom. The maximum absolute atomic E-state index is 10.1. The van der Waals surface area contributed by atoms with E-state index in [-0.39, 0.29) is 18.1 Å². The maximum atomic E-state index is 10.1. The number of fused-ring (bicyclic) bond motifs is 1. The number of halogens is 1. The van der Waals surface area contributed by atoms with Crippen LogP contribution in [0.25, 0.3) is 11.3 Å². The molecule has 5 rings (SSSR count). The summed E-state index contributed by atoms with van der Waals surface area (Å²) in [6.45, 7) is 3.60. The molecule has 1 aliphatic carbocycles. The highest BCUT2D eigenvalue weighted by atomic mass is 79.9. The molecule has 3 aromatic rings. The van der Waals surface area contributed by atoms with Crippen LogP contribution in [0.4, 0.5) is 5.82 Å². The first-order chi connectivity index (χ1) is 15.0. The van der Waals surface area contributed by atoms with Gasteiger partial charge in [0.25, 0.3) is 0 Å². The van der Waals surface area contributed by atoms with E-state index in [9.17, 15) is 5.11 Å². The number of aliphatic hydroxyl groups is 1. The Bertz CT molecular complexity index is 1120. The van der Waals surface area contributed by atoms with Crippen molar-refractivity contribution in [2.24, 2.45) is 11.1 Å². The normalized spacial score (nSPS) is 19.6. The standard InChI is InChI=1S/C25H27BrN4O/c1-16-22(19-8-4-5-9-20(19)26)29-21(15-31)24(28-16)30-12-10-25(11-13-30)14-17-6-2-3-7-18(17)23(25)27/h2-9,23,31H,10-15,27H2,1H3/t23-/m1/s1. The Kier molecular flexibility index (Phi) is 5.32. The van der Waals surface area contributed by atoms with Gasteiger partial charge in [0.1, 0.15) is 5.69 Å². The Morgan fingerprint density at radius 1 is 1.10 bits per heavy atom. The average molecular weight is 479 g/mol. The molecule has 0 bridgehead atoms. The topological polar surface area (TPSA) is 75.3 Å². The lowest BCUT2D eigenvalue weighted by Gasteiger charge is -2.43. The summed E-state index contributed by atoms with van der Waals surface area (Å²) in [6, 6.07) is 16.7. The molecule has 0 radical (unpaired) electrons. The smallest absolute Gasteiger partial charge is 0.153 e. The molecule has 160 valence electrons. The lowest BCUT2D eigenvalue weighted by atomic mass is 9.73. The molecular formula is C25H27BrN4O. The second-order valence-electron chi connectivity index (χ2n) is 8.77. The SMILES string of the molecule is Cc1nc(N2CCC3(CC2)Cc2ccccc2[C@H]3N)c(CO)nc1-c1ccccc1Br. The summed E-state index contributed by atoms with van der Waals surface area (Å²) in [4.78, 5) is 12.0. The van der Waals surface area contributed by atoms with Crippen molar-refractivity contribution in [3.05, 3.63) is 75.5 Å². The van der Waals surface area contributed by atoms with E-state index in [4.69, 9.17) is 15.7 Å². The largest absolute Gasteiger partial charge is 0.390 e. The molecule has 31 heavy (non-hydrogen) atoms. The zero-order valence-corrected chi connectivity index (χ0v) is 19.3. The number of nitrogens with two attached hydrogens (primary N) is 1. The van der Waals surface area contributed by atoms with E-state index < -0.39 is 0 Å². The van der Waals surface area contributed by atoms with E-state index in [2.05, 4.69) is 45.1 Å². The maximum Gasteiger partial charge on any atom is 0.153 e. The first kappa shape index (κ1) is 20.6. The van der Waals surface area contributed by atoms with Crippen LogP contribution in [0.1, 0.15) is 41.4 Å². The molecule has 1 atom stereocenters. The number of anilines is 1. The molecule has 0 saturated carbocycles. The summed E-state index contributed by atoms with van der Waals surface area (Å²) in [5, 5.41) is 10.1. The van der Waals surface area contributed by atoms with Crippen molar-refractivity contribution < 1.29 is 5.11 Å². The molecule has 2 aliphatic rings. The van der Waals surface area contributed by atoms with E-state index in [0.717, 1.165) is 59.6 Å². The van der Waals surface area contributed by atoms with Crippen LogP contribution in [0.15, 0.2) is 53.0 Å². The fraction of sp³-hybridized carbons (Fsp3) is 0.360. The summed E-state index contributed by atoms with van der Waals surface area (Å²) in [5.41, 5.74) is 12.8. The Hall–Kier alpha value is -2.28. The summed E-state index contributed by atoms with van der Waals surface area (Å²) in [7, 11) is 0. The number of aliphatic hydroxyl groups excluding tert-OH is 1. The van der Waals surface area contributed by atoms with Crippen LogP contribution >= 0.6 is 15.9 Å². The average Bonchev–Trinajstić information content (AvgIpc) is 3.06. The van der Waals surface area contributed by atoms with E-state index in [1.165, 1.54) is 11.1 Å². The summed E-state index contributed by atoms with van der Waals surface area (Å²) in [6.07, 6.45) is 3.08. The molecule has 1 aromatic heterocycles. The van der Waals surface area contributed by atoms with Crippen molar-refractivity contribution >= 4 is 21.7 Å². The second kappa shape index (κ2) is 8.01. The zero-order valence-electron chi connectivity index (χ0n) is 17.7. The highest BCUT2D eigenvalue weighted by Crippen LogP contribution is 2.51. The Labute approximate surface area is 191 Å². The predicted molar refractivity (Wildman–Crippen MR) is 127 cm³/mol. The number of hydrogen-bond donors (Lipinski definition) is 2. The lowest BCUT2D eigenvalue weighted by Crippen LogP contribution is -2.45. The molecule has 0 unspecified atom stereocenters. The van der Waals surface area contributed by atoms with Gasteiger partial charge in [-0.1, -0.05) is 58.4 Å². The third-order valence-electron chi connectivity index (χ3n) is 7.05. The fourth-order valence-corrected chi connectivity index (χ4v) is 5.75. The van der Waals surface area contributed by atoms with Crippen LogP contribution in [0.5, 0.6) is 0 Å². The minimum atomic E-state index is -0.132. The van der Waals surface area contributed by atoms with Crippen LogP contribution in [-0.4, -0.2) is 28.2 Å². The third kappa shape index (κ3) is 3.47. The fourth-order valence-electron chi connectivity index (χ4n) is 5.28. The van der Waals surface area contributed by atoms with Gasteiger partial charge in [0.15, 0.2) is 5.82 Å². The summed E-state index contributed by atoms with van der Waals surface area (Å²) in [5.74, 6) is 0.801. The van der Waals surface area contributed by atoms with Crippen molar-refractivity contribution in [3.63, 3.8) is 0 Å². The minimum Gasteiger partial charge on any atom is -0.390 e. The van der Waals surface area contributed by atoms with Gasteiger partial charge < -0.3 is 15.7 Å². The molecule has 6 heteroatoms. The molecule has 1 saturated heterocycles. The van der Waals surface area contributed by atoms with Gasteiger partial charge in [0, 0.05) is 29.2 Å². The van der Waals surface area contributed by atoms with E-state index in [0.29, 0.717) is 5.69 Å². The molecule has 1 fully saturated rings. The van der Waals surface area contributed by atoms with Gasteiger partial charge in [-0.05, 0) is 48.8 Å². The van der Waals surface area contributed by atoms with E-state index >= 15 is 0 Å². The van der Waals surface area contributed by atoms with Crippen LogP contribution < -0.4 is 10.6 Å². The van der Waals surface area contributed by atoms with E-state index in [1.54, 1.807) is 0 Å². The second-order valence-corrected chi connectivity index (χ2v) is 9.62. The summed E-state index contributed by atoms with van der Waals surface area (Å²) < 4.78 is 0.971. The number of rotatable bonds is 3. The van der Waals surface area contributed by atoms with Crippen molar-refractivity contribution in [1.29, 1.82) is 0 Å². The van der Waals surface area contributed by atoms with Crippen LogP contribution in [0, 0.1) is 12.3 Å². The molecule has 0 amide bonds. The highest BCUT2D eigenvalue weighted by molar-refractivity contribution is 9.10. The first-order valence-corrected chi connectivity index (χ1v) is 11.6. The highest BCUT2D eigenvalue weighted by Gasteiger charge is 2.46. The monoisotopic (exact) mass is 478 g/mol. The Balaban J connectivity index is 1.41. The van der Waals surface area contributed by atoms with Crippen molar-refractivity contribution in [2.45, 2.75) is 38.8 Å². The van der Waals surface area contributed by atoms with Crippen molar-refractivity contribution in [3.8, 4) is 11.3 Å². The number of aryl methyl sites for hydroxylation is 1. The van der Waals surface area contributed by atoms with E-state index in [1.807, 2.05) is 31.2 Å². The van der Waals surface area contributed by atoms with Gasteiger partial charge in [-0.3, -0.25) is 0 Å². The van der Waals surface area contributed by atoms with Gasteiger partial charge >= 0.3 is 0 Å². The molecule has 2 aromatic carbocycles. The number of aromatic nitrogens is 2. The van der Waals surface area contributed by atoms with Gasteiger partial charge in [-0.15, -0.1) is 0 Å². The van der Waals surface area contributed by atoms with Gasteiger partial charge in [0.2, 0.25) is 0 Å². The van der Waals surface area contributed by atoms with Crippen molar-refractivity contribution in [1.82, 2.24) is 9.97 Å². The number of hydrogen-bond acceptors (Lipinski definition) is 5. The van der Waals surface area contributed by atoms with Gasteiger partial charge in [-0.2, -0.15) is 0 Å². The molecular weight excluding hydrogens is 452 g/mol. The lowest BCUT2D eigenvalue weighted by molar-refractivity contribution is 0.186. The number of piperidine rings is 1. The Morgan fingerprint density at radius 3 is 2.52 bits per heavy atom. The molecule has 5 nitrogen and oxygen atoms in total. The zero-order chi connectivity index (χ0) is 21.6. The molecule has 3 N–H and O–H groups in total. The van der Waals surface area contributed by atoms with Crippen LogP contribution in [-0.2, 0) is 13.0 Å². The van der Waals surface area contributed by atoms with Crippen molar-refractivity contribution in [2.75, 3.05) is 18.0 Å². The minimum absolute atomic E-state index is 0.0915. The number of nitrogens with zero attached hydrogens (tertiary/aromatic N) is 3. The quantitative estimate of drug-likeness (QED) is 0.577. The summed E-state index contributed by atoms with van der Waals surface area (Å²) >= 11 is 3.61. The van der Waals surface area contributed by atoms with Crippen LogP contribution in [0.2, 0.25) is 0 Å². The molecule has 1 aliphatic heterocycles. The number of benzene rings is 2. The molecule has 1 spiro atoms. The van der Waals surface area contributed by atoms with Crippen LogP contribution in [0.3, 0.4) is 0 Å². The predicted octanol–water partition coefficient (Wildman–Crippen LogP) is 4.55. The van der Waals surface area contributed by atoms with Gasteiger partial charge in [-0.25, -0.2) is 9.97 Å².